The molecule has 0 amide bonds. The first-order valence-corrected chi connectivity index (χ1v) is 13.5. The van der Waals surface area contributed by atoms with Crippen molar-refractivity contribution in [2.24, 2.45) is 11.3 Å². The normalized spacial score (nSPS) is 25.8. The first kappa shape index (κ1) is 27.1. The van der Waals surface area contributed by atoms with Crippen LogP contribution < -0.4 is 10.2 Å². The van der Waals surface area contributed by atoms with E-state index >= 15 is 0 Å². The Morgan fingerprint density at radius 3 is 2.42 bits per heavy atom. The molecule has 2 aromatic rings. The summed E-state index contributed by atoms with van der Waals surface area (Å²) in [4.78, 5) is 8.68. The van der Waals surface area contributed by atoms with E-state index in [1.54, 1.807) is 4.90 Å². The summed E-state index contributed by atoms with van der Waals surface area (Å²) in [5.41, 5.74) is -6.91. The Bertz CT molecular complexity index is 1260. The minimum absolute atomic E-state index is 0.0243. The lowest BCUT2D eigenvalue weighted by Crippen LogP contribution is -2.66. The van der Waals surface area contributed by atoms with Gasteiger partial charge in [0, 0.05) is 50.2 Å². The van der Waals surface area contributed by atoms with Gasteiger partial charge in [-0.3, -0.25) is 0 Å². The van der Waals surface area contributed by atoms with Crippen LogP contribution >= 0.6 is 0 Å². The molecular formula is C23H27F6N5O3S. The number of alkyl halides is 6. The summed E-state index contributed by atoms with van der Waals surface area (Å²) in [5, 5.41) is 2.66. The Kier molecular flexibility index (Phi) is 6.62. The van der Waals surface area contributed by atoms with Gasteiger partial charge >= 0.3 is 21.7 Å². The summed E-state index contributed by atoms with van der Waals surface area (Å²) in [6.07, 6.45) is 0.292. The van der Waals surface area contributed by atoms with Crippen LogP contribution in [0.4, 0.5) is 37.7 Å². The van der Waals surface area contributed by atoms with E-state index in [-0.39, 0.29) is 30.9 Å². The molecule has 38 heavy (non-hydrogen) atoms. The highest BCUT2D eigenvalue weighted by molar-refractivity contribution is 7.89. The van der Waals surface area contributed by atoms with Gasteiger partial charge in [-0.25, -0.2) is 13.4 Å². The smallest absolute Gasteiger partial charge is 0.383 e. The molecule has 0 saturated heterocycles. The number of hydrogen-bond donors (Lipinski definition) is 2. The number of methoxy groups -OCH3 is 1. The quantitative estimate of drug-likeness (QED) is 0.365. The summed E-state index contributed by atoms with van der Waals surface area (Å²) in [6.45, 7) is -1.32. The zero-order chi connectivity index (χ0) is 27.5. The first-order valence-electron chi connectivity index (χ1n) is 12.0. The van der Waals surface area contributed by atoms with Crippen LogP contribution in [0.15, 0.2) is 24.7 Å². The molecule has 1 aromatic heterocycles. The zero-order valence-corrected chi connectivity index (χ0v) is 21.2. The van der Waals surface area contributed by atoms with Crippen LogP contribution in [0.1, 0.15) is 36.1 Å². The first-order chi connectivity index (χ1) is 17.8. The average molecular weight is 568 g/mol. The van der Waals surface area contributed by atoms with E-state index in [1.807, 2.05) is 0 Å². The number of benzene rings is 1. The Balaban J connectivity index is 1.71. The minimum atomic E-state index is -5.85. The van der Waals surface area contributed by atoms with Gasteiger partial charge < -0.3 is 19.9 Å². The highest BCUT2D eigenvalue weighted by Gasteiger charge is 2.63. The summed E-state index contributed by atoms with van der Waals surface area (Å²) < 4.78 is 114. The fourth-order valence-corrected chi connectivity index (χ4v) is 6.97. The lowest BCUT2D eigenvalue weighted by molar-refractivity contribution is -0.137. The number of halogens is 6. The maximum absolute atomic E-state index is 14.1. The van der Waals surface area contributed by atoms with E-state index in [1.165, 1.54) is 25.7 Å². The number of imidazole rings is 1. The van der Waals surface area contributed by atoms with Crippen molar-refractivity contribution in [1.82, 2.24) is 14.3 Å². The number of hydrogen-bond acceptors (Lipinski definition) is 6. The maximum Gasteiger partial charge on any atom is 0.511 e. The van der Waals surface area contributed by atoms with Crippen molar-refractivity contribution < 1.29 is 39.5 Å². The number of anilines is 2. The molecule has 1 aromatic carbocycles. The standard InChI is InChI=1S/C23H27F6N5O3S/c1-37-5-4-31-20-16-11-33(38(35,36)23(27,28)29)12-19(21-6-14(7-21)8-21)34(10-15-9-30-13-32-15)18(16)3-2-17(20)22(24,25)26/h2-3,9,13-14,19,31H,4-8,10-12H2,1H3,(H,30,32). The van der Waals surface area contributed by atoms with Crippen LogP contribution in [-0.4, -0.2) is 61.0 Å². The zero-order valence-electron chi connectivity index (χ0n) is 20.4. The molecule has 4 aliphatic rings. The van der Waals surface area contributed by atoms with Crippen molar-refractivity contribution in [3.8, 4) is 0 Å². The molecule has 1 unspecified atom stereocenters. The number of aromatic nitrogens is 2. The Hall–Kier alpha value is -2.52. The van der Waals surface area contributed by atoms with Crippen LogP contribution in [0.5, 0.6) is 0 Å². The molecule has 2 bridgehead atoms. The van der Waals surface area contributed by atoms with Crippen LogP contribution in [0, 0.1) is 11.3 Å². The second-order valence-electron chi connectivity index (χ2n) is 10.2. The summed E-state index contributed by atoms with van der Waals surface area (Å²) in [6, 6.07) is 1.44. The lowest BCUT2D eigenvalue weighted by atomic mass is 9.41. The molecule has 8 nitrogen and oxygen atoms in total. The van der Waals surface area contributed by atoms with E-state index in [2.05, 4.69) is 15.3 Å². The molecule has 6 rings (SSSR count). The number of ether oxygens (including phenoxy) is 1. The second-order valence-corrected chi connectivity index (χ2v) is 12.1. The molecule has 3 aliphatic carbocycles. The Morgan fingerprint density at radius 1 is 1.18 bits per heavy atom. The van der Waals surface area contributed by atoms with E-state index in [4.69, 9.17) is 4.74 Å². The number of nitrogens with zero attached hydrogens (tertiary/aromatic N) is 3. The van der Waals surface area contributed by atoms with Gasteiger partial charge in [0.1, 0.15) is 0 Å². The lowest BCUT2D eigenvalue weighted by Gasteiger charge is -2.67. The largest absolute Gasteiger partial charge is 0.511 e. The van der Waals surface area contributed by atoms with E-state index in [0.29, 0.717) is 15.9 Å². The number of rotatable bonds is 8. The molecule has 2 heterocycles. The SMILES string of the molecule is COCCNc1c(C(F)(F)F)ccc2c1CN(S(=O)(=O)C(F)(F)F)CC(C13CC(C1)C3)N2Cc1cnc[nH]1. The van der Waals surface area contributed by atoms with Crippen LogP contribution in [0.2, 0.25) is 0 Å². The average Bonchev–Trinajstić information content (AvgIpc) is 3.21. The molecule has 15 heteroatoms. The summed E-state index contributed by atoms with van der Waals surface area (Å²) in [5.74, 6) is 0.429. The van der Waals surface area contributed by atoms with Crippen molar-refractivity contribution in [1.29, 1.82) is 0 Å². The molecule has 1 aliphatic heterocycles. The van der Waals surface area contributed by atoms with Crippen molar-refractivity contribution in [3.63, 3.8) is 0 Å². The Morgan fingerprint density at radius 2 is 1.89 bits per heavy atom. The monoisotopic (exact) mass is 567 g/mol. The molecular weight excluding hydrogens is 540 g/mol. The molecule has 1 atom stereocenters. The van der Waals surface area contributed by atoms with E-state index < -0.39 is 57.5 Å². The Labute approximate surface area is 215 Å². The molecule has 2 N–H and O–H groups in total. The molecule has 0 spiro atoms. The summed E-state index contributed by atoms with van der Waals surface area (Å²) in [7, 11) is -4.49. The number of sulfonamides is 1. The number of aromatic amines is 1. The van der Waals surface area contributed by atoms with Crippen molar-refractivity contribution in [2.45, 2.75) is 50.1 Å². The van der Waals surface area contributed by atoms with Gasteiger partial charge in [-0.1, -0.05) is 0 Å². The maximum atomic E-state index is 14.1. The van der Waals surface area contributed by atoms with Crippen molar-refractivity contribution >= 4 is 21.4 Å². The van der Waals surface area contributed by atoms with Crippen LogP contribution in [0.3, 0.4) is 0 Å². The van der Waals surface area contributed by atoms with Gasteiger partial charge in [0.15, 0.2) is 0 Å². The molecule has 3 saturated carbocycles. The predicted molar refractivity (Wildman–Crippen MR) is 126 cm³/mol. The number of nitrogens with one attached hydrogen (secondary N) is 2. The second kappa shape index (κ2) is 9.30. The van der Waals surface area contributed by atoms with E-state index in [0.717, 1.165) is 25.3 Å². The molecule has 3 fully saturated rings. The predicted octanol–water partition coefficient (Wildman–Crippen LogP) is 4.33. The van der Waals surface area contributed by atoms with E-state index in [9.17, 15) is 34.8 Å². The third-order valence-corrected chi connectivity index (χ3v) is 9.46. The van der Waals surface area contributed by atoms with Crippen molar-refractivity contribution in [2.75, 3.05) is 37.0 Å². The van der Waals surface area contributed by atoms with Gasteiger partial charge in [0.2, 0.25) is 0 Å². The molecule has 0 radical (unpaired) electrons. The number of H-pyrrole nitrogens is 1. The topological polar surface area (TPSA) is 90.6 Å². The van der Waals surface area contributed by atoms with Gasteiger partial charge in [-0.05, 0) is 42.7 Å². The fourth-order valence-electron chi connectivity index (χ4n) is 6.04. The minimum Gasteiger partial charge on any atom is -0.383 e. The van der Waals surface area contributed by atoms with Crippen LogP contribution in [0.25, 0.3) is 0 Å². The van der Waals surface area contributed by atoms with Gasteiger partial charge in [0.05, 0.1) is 36.4 Å². The fraction of sp³-hybridized carbons (Fsp3) is 0.609. The summed E-state index contributed by atoms with van der Waals surface area (Å²) >= 11 is 0. The highest BCUT2D eigenvalue weighted by Crippen LogP contribution is 2.68. The molecule has 210 valence electrons. The van der Waals surface area contributed by atoms with Gasteiger partial charge in [0.25, 0.3) is 0 Å². The third kappa shape index (κ3) is 4.51. The number of fused-ring (bicyclic) bond motifs is 1. The van der Waals surface area contributed by atoms with Gasteiger partial charge in [-0.2, -0.15) is 30.6 Å². The highest BCUT2D eigenvalue weighted by atomic mass is 32.2. The third-order valence-electron chi connectivity index (χ3n) is 7.92. The van der Waals surface area contributed by atoms with Crippen molar-refractivity contribution in [3.05, 3.63) is 41.5 Å². The van der Waals surface area contributed by atoms with Crippen LogP contribution in [-0.2, 0) is 34.0 Å². The van der Waals surface area contributed by atoms with Gasteiger partial charge in [-0.15, -0.1) is 0 Å².